The van der Waals surface area contributed by atoms with E-state index < -0.39 is 27.1 Å². The van der Waals surface area contributed by atoms with Crippen molar-refractivity contribution in [3.05, 3.63) is 104 Å². The Hall–Kier alpha value is -4.71. The fourth-order valence-corrected chi connectivity index (χ4v) is 3.15. The van der Waals surface area contributed by atoms with Gasteiger partial charge in [0.25, 0.3) is 23.2 Å². The van der Waals surface area contributed by atoms with Gasteiger partial charge in [0.2, 0.25) is 0 Å². The van der Waals surface area contributed by atoms with Gasteiger partial charge in [0.05, 0.1) is 21.5 Å². The van der Waals surface area contributed by atoms with Crippen LogP contribution in [0.3, 0.4) is 0 Å². The predicted octanol–water partition coefficient (Wildman–Crippen LogP) is 4.19. The van der Waals surface area contributed by atoms with Gasteiger partial charge in [-0.3, -0.25) is 35.1 Å². The molecular weight excluding hydrogens is 462 g/mol. The van der Waals surface area contributed by atoms with Gasteiger partial charge in [0.15, 0.2) is 5.11 Å². The number of anilines is 2. The zero-order chi connectivity index (χ0) is 24.8. The molecule has 3 aromatic carbocycles. The lowest BCUT2D eigenvalue weighted by Crippen LogP contribution is -2.34. The standard InChI is InChI=1S/C22H17N5O6S/c1-13-9-16(7-8-19(13)24-20(28)14-5-3-2-4-6-14)23-22(34)25-21(29)15-10-17(26(30)31)12-18(11-15)27(32)33/h2-12H,1H3,(H,24,28)(H2,23,25,29,34). The number of aryl methyl sites for hydroxylation is 1. The lowest BCUT2D eigenvalue weighted by Gasteiger charge is -2.13. The Labute approximate surface area is 198 Å². The summed E-state index contributed by atoms with van der Waals surface area (Å²) < 4.78 is 0. The van der Waals surface area contributed by atoms with Crippen molar-refractivity contribution in [3.8, 4) is 0 Å². The molecule has 0 atom stereocenters. The number of nitro groups is 2. The number of hydrogen-bond acceptors (Lipinski definition) is 7. The summed E-state index contributed by atoms with van der Waals surface area (Å²) in [6.07, 6.45) is 0. The summed E-state index contributed by atoms with van der Waals surface area (Å²) in [5.74, 6) is -1.12. The Bertz CT molecular complexity index is 1280. The van der Waals surface area contributed by atoms with Gasteiger partial charge in [0, 0.05) is 29.1 Å². The van der Waals surface area contributed by atoms with Crippen molar-refractivity contribution in [1.29, 1.82) is 0 Å². The molecule has 0 unspecified atom stereocenters. The molecule has 0 spiro atoms. The Kier molecular flexibility index (Phi) is 7.23. The van der Waals surface area contributed by atoms with E-state index in [4.69, 9.17) is 12.2 Å². The largest absolute Gasteiger partial charge is 0.332 e. The third kappa shape index (κ3) is 5.95. The number of nitrogens with one attached hydrogen (secondary N) is 3. The zero-order valence-electron chi connectivity index (χ0n) is 17.6. The first-order valence-corrected chi connectivity index (χ1v) is 10.1. The predicted molar refractivity (Wildman–Crippen MR) is 129 cm³/mol. The molecule has 11 nitrogen and oxygen atoms in total. The summed E-state index contributed by atoms with van der Waals surface area (Å²) in [7, 11) is 0. The molecule has 3 rings (SSSR count). The molecule has 3 N–H and O–H groups in total. The number of nitrogens with zero attached hydrogens (tertiary/aromatic N) is 2. The van der Waals surface area contributed by atoms with Crippen molar-refractivity contribution in [1.82, 2.24) is 5.32 Å². The van der Waals surface area contributed by atoms with Gasteiger partial charge in [-0.25, -0.2) is 0 Å². The molecule has 172 valence electrons. The number of thiocarbonyl (C=S) groups is 1. The highest BCUT2D eigenvalue weighted by molar-refractivity contribution is 7.80. The number of nitro benzene ring substituents is 2. The van der Waals surface area contributed by atoms with Gasteiger partial charge in [0.1, 0.15) is 0 Å². The van der Waals surface area contributed by atoms with E-state index in [1.165, 1.54) is 0 Å². The molecule has 0 heterocycles. The Morgan fingerprint density at radius 2 is 1.41 bits per heavy atom. The number of carbonyl (C=O) groups is 2. The fourth-order valence-electron chi connectivity index (χ4n) is 2.94. The Balaban J connectivity index is 1.67. The molecule has 0 aromatic heterocycles. The highest BCUT2D eigenvalue weighted by atomic mass is 32.1. The van der Waals surface area contributed by atoms with Crippen molar-refractivity contribution in [3.63, 3.8) is 0 Å². The van der Waals surface area contributed by atoms with Crippen LogP contribution in [0.15, 0.2) is 66.7 Å². The molecule has 12 heteroatoms. The van der Waals surface area contributed by atoms with Crippen molar-refractivity contribution >= 4 is 51.9 Å². The average molecular weight is 479 g/mol. The number of hydrogen-bond donors (Lipinski definition) is 3. The maximum atomic E-state index is 12.4. The van der Waals surface area contributed by atoms with Crippen LogP contribution in [0.25, 0.3) is 0 Å². The summed E-state index contributed by atoms with van der Waals surface area (Å²) >= 11 is 5.11. The van der Waals surface area contributed by atoms with E-state index in [0.717, 1.165) is 23.8 Å². The number of benzene rings is 3. The second-order valence-electron chi connectivity index (χ2n) is 7.01. The lowest BCUT2D eigenvalue weighted by molar-refractivity contribution is -0.394. The molecule has 0 aliphatic heterocycles. The molecule has 0 saturated carbocycles. The van der Waals surface area contributed by atoms with Crippen molar-refractivity contribution in [2.24, 2.45) is 0 Å². The van der Waals surface area contributed by atoms with Crippen LogP contribution in [-0.4, -0.2) is 26.8 Å². The first kappa shape index (κ1) is 23.9. The molecule has 0 saturated heterocycles. The number of rotatable bonds is 6. The van der Waals surface area contributed by atoms with Crippen molar-refractivity contribution in [2.75, 3.05) is 10.6 Å². The summed E-state index contributed by atoms with van der Waals surface area (Å²) in [5, 5.41) is 29.8. The lowest BCUT2D eigenvalue weighted by atomic mass is 10.1. The van der Waals surface area contributed by atoms with Gasteiger partial charge < -0.3 is 10.6 Å². The monoisotopic (exact) mass is 479 g/mol. The van der Waals surface area contributed by atoms with Crippen molar-refractivity contribution < 1.29 is 19.4 Å². The summed E-state index contributed by atoms with van der Waals surface area (Å²) in [5.41, 5.74) is 0.833. The molecule has 0 fully saturated rings. The topological polar surface area (TPSA) is 157 Å². The SMILES string of the molecule is Cc1cc(NC(=S)NC(=O)c2cc([N+](=O)[O-])cc([N+](=O)[O-])c2)ccc1NC(=O)c1ccccc1. The van der Waals surface area contributed by atoms with E-state index in [1.54, 1.807) is 49.4 Å². The van der Waals surface area contributed by atoms with E-state index in [2.05, 4.69) is 16.0 Å². The maximum Gasteiger partial charge on any atom is 0.277 e. The molecule has 0 bridgehead atoms. The Morgan fingerprint density at radius 1 is 0.794 bits per heavy atom. The fraction of sp³-hybridized carbons (Fsp3) is 0.0455. The number of non-ortho nitro benzene ring substituents is 2. The molecule has 34 heavy (non-hydrogen) atoms. The second-order valence-corrected chi connectivity index (χ2v) is 7.42. The number of amides is 2. The first-order valence-electron chi connectivity index (χ1n) is 9.67. The van der Waals surface area contributed by atoms with Crippen LogP contribution in [0.1, 0.15) is 26.3 Å². The van der Waals surface area contributed by atoms with E-state index in [9.17, 15) is 29.8 Å². The quantitative estimate of drug-likeness (QED) is 0.270. The minimum Gasteiger partial charge on any atom is -0.332 e. The van der Waals surface area contributed by atoms with Crippen LogP contribution in [-0.2, 0) is 0 Å². The van der Waals surface area contributed by atoms with E-state index >= 15 is 0 Å². The van der Waals surface area contributed by atoms with Gasteiger partial charge in [-0.2, -0.15) is 0 Å². The van der Waals surface area contributed by atoms with Gasteiger partial charge in [-0.05, 0) is 55.0 Å². The molecule has 3 aromatic rings. The second kappa shape index (κ2) is 10.3. The Morgan fingerprint density at radius 3 is 1.97 bits per heavy atom. The number of carbonyl (C=O) groups excluding carboxylic acids is 2. The first-order chi connectivity index (χ1) is 16.1. The van der Waals surface area contributed by atoms with E-state index in [-0.39, 0.29) is 16.6 Å². The molecule has 0 aliphatic rings. The smallest absolute Gasteiger partial charge is 0.277 e. The van der Waals surface area contributed by atoms with E-state index in [1.807, 2.05) is 6.07 Å². The van der Waals surface area contributed by atoms with E-state index in [0.29, 0.717) is 16.9 Å². The molecule has 2 amide bonds. The van der Waals surface area contributed by atoms with Crippen LogP contribution < -0.4 is 16.0 Å². The summed E-state index contributed by atoms with van der Waals surface area (Å²) in [4.78, 5) is 45.1. The molecule has 0 radical (unpaired) electrons. The van der Waals surface area contributed by atoms with Gasteiger partial charge in [-0.1, -0.05) is 18.2 Å². The third-order valence-corrected chi connectivity index (χ3v) is 4.79. The van der Waals surface area contributed by atoms with Crippen LogP contribution in [0, 0.1) is 27.2 Å². The van der Waals surface area contributed by atoms with Crippen LogP contribution >= 0.6 is 12.2 Å². The average Bonchev–Trinajstić information content (AvgIpc) is 2.80. The molecular formula is C22H17N5O6S. The van der Waals surface area contributed by atoms with Gasteiger partial charge in [-0.15, -0.1) is 0 Å². The van der Waals surface area contributed by atoms with Crippen LogP contribution in [0.2, 0.25) is 0 Å². The molecule has 0 aliphatic carbocycles. The zero-order valence-corrected chi connectivity index (χ0v) is 18.4. The van der Waals surface area contributed by atoms with Gasteiger partial charge >= 0.3 is 0 Å². The highest BCUT2D eigenvalue weighted by Crippen LogP contribution is 2.23. The third-order valence-electron chi connectivity index (χ3n) is 4.58. The minimum absolute atomic E-state index is 0.125. The summed E-state index contributed by atoms with van der Waals surface area (Å²) in [6.45, 7) is 1.77. The normalized spacial score (nSPS) is 10.1. The summed E-state index contributed by atoms with van der Waals surface area (Å²) in [6, 6.07) is 16.3. The minimum atomic E-state index is -0.854. The van der Waals surface area contributed by atoms with Crippen molar-refractivity contribution in [2.45, 2.75) is 6.92 Å². The highest BCUT2D eigenvalue weighted by Gasteiger charge is 2.20. The maximum absolute atomic E-state index is 12.4. The van der Waals surface area contributed by atoms with Crippen LogP contribution in [0.5, 0.6) is 0 Å². The van der Waals surface area contributed by atoms with Crippen LogP contribution in [0.4, 0.5) is 22.7 Å².